The van der Waals surface area contributed by atoms with Crippen LogP contribution in [-0.2, 0) is 9.53 Å². The number of aromatic nitrogens is 3. The van der Waals surface area contributed by atoms with Crippen molar-refractivity contribution in [2.45, 2.75) is 19.4 Å². The number of rotatable bonds is 4. The zero-order valence-electron chi connectivity index (χ0n) is 12.7. The minimum Gasteiger partial charge on any atom is -0.377 e. The van der Waals surface area contributed by atoms with Gasteiger partial charge < -0.3 is 10.1 Å². The average Bonchev–Trinajstić information content (AvgIpc) is 3.07. The second-order valence-corrected chi connectivity index (χ2v) is 5.32. The van der Waals surface area contributed by atoms with Gasteiger partial charge in [0.25, 0.3) is 0 Å². The summed E-state index contributed by atoms with van der Waals surface area (Å²) in [5.74, 6) is -0.552. The van der Waals surface area contributed by atoms with Gasteiger partial charge in [0.15, 0.2) is 0 Å². The van der Waals surface area contributed by atoms with Crippen LogP contribution in [0, 0.1) is 5.82 Å². The molecule has 0 spiro atoms. The molecule has 1 amide bonds. The van der Waals surface area contributed by atoms with Crippen LogP contribution in [0.5, 0.6) is 0 Å². The molecule has 23 heavy (non-hydrogen) atoms. The van der Waals surface area contributed by atoms with Gasteiger partial charge in [0.1, 0.15) is 11.5 Å². The van der Waals surface area contributed by atoms with E-state index in [4.69, 9.17) is 4.74 Å². The van der Waals surface area contributed by atoms with E-state index in [9.17, 15) is 9.18 Å². The number of carbonyl (C=O) groups is 1. The van der Waals surface area contributed by atoms with Gasteiger partial charge in [0.05, 0.1) is 25.5 Å². The van der Waals surface area contributed by atoms with Gasteiger partial charge in [-0.25, -0.2) is 4.39 Å². The number of carbonyl (C=O) groups excluding carboxylic acids is 1. The number of benzene rings is 1. The molecular weight excluding hydrogens is 299 g/mol. The second kappa shape index (κ2) is 6.70. The van der Waals surface area contributed by atoms with E-state index in [1.165, 1.54) is 19.2 Å². The van der Waals surface area contributed by atoms with E-state index >= 15 is 0 Å². The molecular formula is C16H17FN4O2. The zero-order valence-corrected chi connectivity index (χ0v) is 12.7. The van der Waals surface area contributed by atoms with E-state index in [-0.39, 0.29) is 11.7 Å². The van der Waals surface area contributed by atoms with Crippen LogP contribution in [0.4, 0.5) is 4.39 Å². The average molecular weight is 316 g/mol. The van der Waals surface area contributed by atoms with Gasteiger partial charge in [-0.05, 0) is 23.6 Å². The van der Waals surface area contributed by atoms with E-state index in [2.05, 4.69) is 20.7 Å². The number of hydrogen-bond donors (Lipinski definition) is 2. The molecule has 0 saturated heterocycles. The fourth-order valence-corrected chi connectivity index (χ4v) is 2.62. The molecule has 120 valence electrons. The highest BCUT2D eigenvalue weighted by Gasteiger charge is 2.20. The lowest BCUT2D eigenvalue weighted by Crippen LogP contribution is -2.27. The number of halogens is 1. The highest BCUT2D eigenvalue weighted by Crippen LogP contribution is 2.28. The highest BCUT2D eigenvalue weighted by atomic mass is 19.1. The largest absolute Gasteiger partial charge is 0.377 e. The van der Waals surface area contributed by atoms with Crippen LogP contribution in [0.1, 0.15) is 36.2 Å². The molecule has 7 heteroatoms. The molecule has 0 fully saturated rings. The number of nitrogens with zero attached hydrogens (tertiary/aromatic N) is 2. The zero-order chi connectivity index (χ0) is 16.2. The van der Waals surface area contributed by atoms with Crippen molar-refractivity contribution in [3.8, 4) is 0 Å². The summed E-state index contributed by atoms with van der Waals surface area (Å²) in [7, 11) is 0. The summed E-state index contributed by atoms with van der Waals surface area (Å²) in [4.78, 5) is 11.4. The summed E-state index contributed by atoms with van der Waals surface area (Å²) in [6, 6.07) is 4.42. The van der Waals surface area contributed by atoms with Gasteiger partial charge in [-0.3, -0.25) is 4.79 Å². The van der Waals surface area contributed by atoms with Crippen LogP contribution in [-0.4, -0.2) is 34.5 Å². The van der Waals surface area contributed by atoms with Crippen molar-refractivity contribution in [2.75, 3.05) is 13.2 Å². The first-order valence-corrected chi connectivity index (χ1v) is 7.34. The smallest absolute Gasteiger partial charge is 0.217 e. The Morgan fingerprint density at radius 2 is 2.35 bits per heavy atom. The lowest BCUT2D eigenvalue weighted by molar-refractivity contribution is -0.119. The van der Waals surface area contributed by atoms with E-state index < -0.39 is 6.04 Å². The lowest BCUT2D eigenvalue weighted by Gasteiger charge is -2.18. The minimum absolute atomic E-state index is 0.227. The Morgan fingerprint density at radius 1 is 1.48 bits per heavy atom. The van der Waals surface area contributed by atoms with Gasteiger partial charge >= 0.3 is 0 Å². The van der Waals surface area contributed by atoms with Crippen molar-refractivity contribution in [3.05, 3.63) is 53.1 Å². The third kappa shape index (κ3) is 3.45. The van der Waals surface area contributed by atoms with E-state index in [1.54, 1.807) is 12.1 Å². The van der Waals surface area contributed by atoms with Crippen LogP contribution in [0.2, 0.25) is 0 Å². The predicted molar refractivity (Wildman–Crippen MR) is 81.9 cm³/mol. The first kappa shape index (κ1) is 15.4. The Morgan fingerprint density at radius 3 is 2.96 bits per heavy atom. The Labute approximate surface area is 132 Å². The topological polar surface area (TPSA) is 79.9 Å². The first-order chi connectivity index (χ1) is 11.1. The second-order valence-electron chi connectivity index (χ2n) is 5.32. The fraction of sp³-hybridized carbons (Fsp3) is 0.312. The standard InChI is InChI=1S/C16H17FN4O2/c1-10(22)19-16(15-9-18-21-20-15)12-2-3-13(14(17)8-12)11-4-6-23-7-5-11/h2-4,8-9,16H,5-7H2,1H3,(H,19,22)(H,18,20,21). The summed E-state index contributed by atoms with van der Waals surface area (Å²) < 4.78 is 19.8. The Hall–Kier alpha value is -2.54. The minimum atomic E-state index is -0.543. The normalized spacial score (nSPS) is 15.8. The van der Waals surface area contributed by atoms with Crippen LogP contribution >= 0.6 is 0 Å². The van der Waals surface area contributed by atoms with Crippen LogP contribution in [0.3, 0.4) is 0 Å². The van der Waals surface area contributed by atoms with E-state index in [0.29, 0.717) is 36.5 Å². The molecule has 0 bridgehead atoms. The molecule has 0 aliphatic carbocycles. The molecule has 1 aliphatic rings. The third-order valence-corrected chi connectivity index (χ3v) is 3.71. The lowest BCUT2D eigenvalue weighted by atomic mass is 9.96. The van der Waals surface area contributed by atoms with E-state index in [0.717, 1.165) is 5.57 Å². The summed E-state index contributed by atoms with van der Waals surface area (Å²) in [6.45, 7) is 2.51. The summed E-state index contributed by atoms with van der Waals surface area (Å²) in [6.07, 6.45) is 4.09. The van der Waals surface area contributed by atoms with Crippen LogP contribution in [0.15, 0.2) is 30.5 Å². The molecule has 1 unspecified atom stereocenters. The van der Waals surface area contributed by atoms with Gasteiger partial charge in [0, 0.05) is 12.5 Å². The summed E-state index contributed by atoms with van der Waals surface area (Å²) in [5, 5.41) is 13.0. The number of nitrogens with one attached hydrogen (secondary N) is 2. The fourth-order valence-electron chi connectivity index (χ4n) is 2.62. The summed E-state index contributed by atoms with van der Waals surface area (Å²) >= 11 is 0. The highest BCUT2D eigenvalue weighted by molar-refractivity contribution is 5.74. The number of aromatic amines is 1. The molecule has 0 radical (unpaired) electrons. The predicted octanol–water partition coefficient (Wildman–Crippen LogP) is 1.97. The van der Waals surface area contributed by atoms with Gasteiger partial charge in [0.2, 0.25) is 5.91 Å². The molecule has 1 aromatic carbocycles. The molecule has 2 N–H and O–H groups in total. The number of amides is 1. The molecule has 1 aromatic heterocycles. The quantitative estimate of drug-likeness (QED) is 0.904. The van der Waals surface area contributed by atoms with E-state index in [1.807, 2.05) is 6.08 Å². The monoisotopic (exact) mass is 316 g/mol. The van der Waals surface area contributed by atoms with Crippen molar-refractivity contribution in [2.24, 2.45) is 0 Å². The molecule has 6 nitrogen and oxygen atoms in total. The van der Waals surface area contributed by atoms with Gasteiger partial charge in [-0.1, -0.05) is 18.2 Å². The Kier molecular flexibility index (Phi) is 4.47. The maximum Gasteiger partial charge on any atom is 0.217 e. The van der Waals surface area contributed by atoms with Gasteiger partial charge in [-0.2, -0.15) is 15.4 Å². The Bertz CT molecular complexity index is 728. The summed E-state index contributed by atoms with van der Waals surface area (Å²) in [5.41, 5.74) is 2.65. The third-order valence-electron chi connectivity index (χ3n) is 3.71. The van der Waals surface area contributed by atoms with Crippen LogP contribution < -0.4 is 5.32 Å². The number of hydrogen-bond acceptors (Lipinski definition) is 4. The molecule has 3 rings (SSSR count). The van der Waals surface area contributed by atoms with Crippen molar-refractivity contribution >= 4 is 11.5 Å². The molecule has 1 aliphatic heterocycles. The van der Waals surface area contributed by atoms with Crippen LogP contribution in [0.25, 0.3) is 5.57 Å². The molecule has 0 saturated carbocycles. The maximum atomic E-state index is 14.5. The molecule has 2 aromatic rings. The molecule has 2 heterocycles. The maximum absolute atomic E-state index is 14.5. The Balaban J connectivity index is 1.93. The van der Waals surface area contributed by atoms with Crippen molar-refractivity contribution in [3.63, 3.8) is 0 Å². The number of H-pyrrole nitrogens is 1. The van der Waals surface area contributed by atoms with Crippen molar-refractivity contribution in [1.82, 2.24) is 20.7 Å². The van der Waals surface area contributed by atoms with Crippen molar-refractivity contribution < 1.29 is 13.9 Å². The molecule has 1 atom stereocenters. The van der Waals surface area contributed by atoms with Crippen molar-refractivity contribution in [1.29, 1.82) is 0 Å². The SMILES string of the molecule is CC(=O)NC(c1ccc(C2=CCOCC2)c(F)c1)c1cn[nH]n1. The van der Waals surface area contributed by atoms with Gasteiger partial charge in [-0.15, -0.1) is 0 Å². The number of ether oxygens (including phenoxy) is 1. The first-order valence-electron chi connectivity index (χ1n) is 7.34.